The lowest BCUT2D eigenvalue weighted by Crippen LogP contribution is -2.21. The van der Waals surface area contributed by atoms with Gasteiger partial charge in [0, 0.05) is 14.6 Å². The maximum Gasteiger partial charge on any atom is 0.0770 e. The normalized spacial score (nSPS) is 12.9. The second-order valence-corrected chi connectivity index (χ2v) is 6.60. The minimum Gasteiger partial charge on any atom is -0.305 e. The van der Waals surface area contributed by atoms with Gasteiger partial charge in [-0.15, -0.1) is 22.7 Å². The van der Waals surface area contributed by atoms with Gasteiger partial charge in [0.1, 0.15) is 0 Å². The van der Waals surface area contributed by atoms with Gasteiger partial charge in [0.25, 0.3) is 0 Å². The summed E-state index contributed by atoms with van der Waals surface area (Å²) in [6, 6.07) is 4.87. The lowest BCUT2D eigenvalue weighted by atomic mass is 10.1. The second-order valence-electron chi connectivity index (χ2n) is 4.36. The summed E-state index contributed by atoms with van der Waals surface area (Å²) in [5.41, 5.74) is 2.80. The lowest BCUT2D eigenvalue weighted by molar-refractivity contribution is 0.644. The summed E-state index contributed by atoms with van der Waals surface area (Å²) < 4.78 is 0. The molecule has 0 aromatic carbocycles. The molecule has 2 aromatic rings. The van der Waals surface area contributed by atoms with Crippen LogP contribution in [0.1, 0.15) is 38.7 Å². The SMILES string of the molecule is CCNC(c1sccc1C)c1sc(C)cc1C. The van der Waals surface area contributed by atoms with Crippen molar-refractivity contribution in [1.29, 1.82) is 0 Å². The summed E-state index contributed by atoms with van der Waals surface area (Å²) in [5, 5.41) is 5.80. The predicted molar refractivity (Wildman–Crippen MR) is 78.4 cm³/mol. The van der Waals surface area contributed by atoms with Crippen molar-refractivity contribution in [2.24, 2.45) is 0 Å². The zero-order valence-electron chi connectivity index (χ0n) is 10.8. The molecule has 1 atom stereocenters. The molecule has 17 heavy (non-hydrogen) atoms. The number of thiophene rings is 2. The summed E-state index contributed by atoms with van der Waals surface area (Å²) in [4.78, 5) is 4.32. The van der Waals surface area contributed by atoms with Crippen LogP contribution in [0.25, 0.3) is 0 Å². The zero-order valence-corrected chi connectivity index (χ0v) is 12.5. The standard InChI is InChI=1S/C14H19NS2/c1-5-15-12(13-9(2)6-7-16-13)14-10(3)8-11(4)17-14/h6-8,12,15H,5H2,1-4H3. The molecular weight excluding hydrogens is 246 g/mol. The Bertz CT molecular complexity index is 496. The molecule has 0 fully saturated rings. The first-order chi connectivity index (χ1) is 8.13. The first-order valence-corrected chi connectivity index (χ1v) is 7.67. The van der Waals surface area contributed by atoms with Crippen LogP contribution >= 0.6 is 22.7 Å². The lowest BCUT2D eigenvalue weighted by Gasteiger charge is -2.17. The summed E-state index contributed by atoms with van der Waals surface area (Å²) in [6.07, 6.45) is 0. The molecule has 92 valence electrons. The van der Waals surface area contributed by atoms with Crippen molar-refractivity contribution in [2.45, 2.75) is 33.7 Å². The van der Waals surface area contributed by atoms with E-state index in [0.29, 0.717) is 6.04 Å². The van der Waals surface area contributed by atoms with Crippen molar-refractivity contribution in [3.8, 4) is 0 Å². The fourth-order valence-corrected chi connectivity index (χ4v) is 4.34. The van der Waals surface area contributed by atoms with Crippen LogP contribution in [-0.2, 0) is 0 Å². The van der Waals surface area contributed by atoms with Crippen LogP contribution in [0, 0.1) is 20.8 Å². The molecule has 0 aliphatic rings. The zero-order chi connectivity index (χ0) is 12.4. The highest BCUT2D eigenvalue weighted by molar-refractivity contribution is 7.13. The molecule has 0 saturated carbocycles. The number of rotatable bonds is 4. The smallest absolute Gasteiger partial charge is 0.0770 e. The van der Waals surface area contributed by atoms with Gasteiger partial charge in [0.05, 0.1) is 6.04 Å². The van der Waals surface area contributed by atoms with Crippen molar-refractivity contribution in [2.75, 3.05) is 6.54 Å². The van der Waals surface area contributed by atoms with Gasteiger partial charge in [-0.1, -0.05) is 6.92 Å². The highest BCUT2D eigenvalue weighted by Gasteiger charge is 2.20. The Labute approximate surface area is 112 Å². The van der Waals surface area contributed by atoms with Crippen molar-refractivity contribution in [3.63, 3.8) is 0 Å². The highest BCUT2D eigenvalue weighted by Crippen LogP contribution is 2.35. The van der Waals surface area contributed by atoms with Crippen molar-refractivity contribution >= 4 is 22.7 Å². The van der Waals surface area contributed by atoms with Crippen molar-refractivity contribution in [1.82, 2.24) is 5.32 Å². The molecule has 3 heteroatoms. The number of hydrogen-bond acceptors (Lipinski definition) is 3. The fraction of sp³-hybridized carbons (Fsp3) is 0.429. The van der Waals surface area contributed by atoms with Crippen LogP contribution in [0.4, 0.5) is 0 Å². The van der Waals surface area contributed by atoms with Crippen LogP contribution in [0.2, 0.25) is 0 Å². The quantitative estimate of drug-likeness (QED) is 0.862. The molecule has 1 nitrogen and oxygen atoms in total. The van der Waals surface area contributed by atoms with E-state index < -0.39 is 0 Å². The third-order valence-electron chi connectivity index (χ3n) is 2.91. The maximum absolute atomic E-state index is 3.62. The average Bonchev–Trinajstić information content (AvgIpc) is 2.82. The van der Waals surface area contributed by atoms with Gasteiger partial charge in [-0.25, -0.2) is 0 Å². The summed E-state index contributed by atoms with van der Waals surface area (Å²) in [5.74, 6) is 0. The van der Waals surface area contributed by atoms with Crippen LogP contribution in [-0.4, -0.2) is 6.54 Å². The van der Waals surface area contributed by atoms with Gasteiger partial charge in [-0.3, -0.25) is 0 Å². The molecule has 2 heterocycles. The average molecular weight is 265 g/mol. The minimum atomic E-state index is 0.374. The molecule has 0 aliphatic carbocycles. The summed E-state index contributed by atoms with van der Waals surface area (Å²) in [7, 11) is 0. The third kappa shape index (κ3) is 2.62. The van der Waals surface area contributed by atoms with E-state index in [1.165, 1.54) is 25.8 Å². The number of aryl methyl sites for hydroxylation is 3. The number of hydrogen-bond donors (Lipinski definition) is 1. The van der Waals surface area contributed by atoms with Crippen LogP contribution in [0.3, 0.4) is 0 Å². The fourth-order valence-electron chi connectivity index (χ4n) is 2.13. The Balaban J connectivity index is 2.42. The van der Waals surface area contributed by atoms with Crippen molar-refractivity contribution in [3.05, 3.63) is 43.3 Å². The van der Waals surface area contributed by atoms with E-state index in [2.05, 4.69) is 50.5 Å². The molecule has 1 unspecified atom stereocenters. The van der Waals surface area contributed by atoms with Gasteiger partial charge in [0.15, 0.2) is 0 Å². The Kier molecular flexibility index (Phi) is 4.02. The topological polar surface area (TPSA) is 12.0 Å². The van der Waals surface area contributed by atoms with E-state index in [4.69, 9.17) is 0 Å². The van der Waals surface area contributed by atoms with Gasteiger partial charge in [-0.05, 0) is 56.0 Å². The second kappa shape index (κ2) is 5.34. The van der Waals surface area contributed by atoms with E-state index in [1.54, 1.807) is 0 Å². The third-order valence-corrected chi connectivity index (χ3v) is 5.21. The molecular formula is C14H19NS2. The van der Waals surface area contributed by atoms with E-state index in [0.717, 1.165) is 6.54 Å². The molecule has 0 spiro atoms. The summed E-state index contributed by atoms with van der Waals surface area (Å²) in [6.45, 7) is 9.77. The van der Waals surface area contributed by atoms with E-state index in [9.17, 15) is 0 Å². The molecule has 2 aromatic heterocycles. The summed E-state index contributed by atoms with van der Waals surface area (Å²) >= 11 is 3.77. The van der Waals surface area contributed by atoms with Crippen LogP contribution in [0.5, 0.6) is 0 Å². The molecule has 0 radical (unpaired) electrons. The van der Waals surface area contributed by atoms with Crippen LogP contribution < -0.4 is 5.32 Å². The first-order valence-electron chi connectivity index (χ1n) is 5.97. The largest absolute Gasteiger partial charge is 0.305 e. The molecule has 2 rings (SSSR count). The predicted octanol–water partition coefficient (Wildman–Crippen LogP) is 4.43. The van der Waals surface area contributed by atoms with Gasteiger partial charge in [-0.2, -0.15) is 0 Å². The van der Waals surface area contributed by atoms with E-state index >= 15 is 0 Å². The van der Waals surface area contributed by atoms with Crippen molar-refractivity contribution < 1.29 is 0 Å². The van der Waals surface area contributed by atoms with Gasteiger partial charge < -0.3 is 5.32 Å². The van der Waals surface area contributed by atoms with Gasteiger partial charge >= 0.3 is 0 Å². The van der Waals surface area contributed by atoms with Crippen LogP contribution in [0.15, 0.2) is 17.5 Å². The Morgan fingerprint density at radius 2 is 1.94 bits per heavy atom. The Hall–Kier alpha value is -0.640. The first kappa shape index (κ1) is 12.8. The van der Waals surface area contributed by atoms with E-state index in [-0.39, 0.29) is 0 Å². The minimum absolute atomic E-state index is 0.374. The molecule has 0 aliphatic heterocycles. The number of nitrogens with one attached hydrogen (secondary N) is 1. The van der Waals surface area contributed by atoms with Gasteiger partial charge in [0.2, 0.25) is 0 Å². The van der Waals surface area contributed by atoms with E-state index in [1.807, 2.05) is 22.7 Å². The highest BCUT2D eigenvalue weighted by atomic mass is 32.1. The molecule has 1 N–H and O–H groups in total. The molecule has 0 amide bonds. The Morgan fingerprint density at radius 1 is 1.18 bits per heavy atom. The molecule has 0 saturated heterocycles. The Morgan fingerprint density at radius 3 is 2.41 bits per heavy atom. The maximum atomic E-state index is 3.62. The molecule has 0 bridgehead atoms. The monoisotopic (exact) mass is 265 g/mol.